The van der Waals surface area contributed by atoms with E-state index in [0.29, 0.717) is 38.6 Å². The van der Waals surface area contributed by atoms with Gasteiger partial charge in [-0.05, 0) is 60.1 Å². The molecule has 0 saturated carbocycles. The van der Waals surface area contributed by atoms with Crippen LogP contribution in [0.25, 0.3) is 32.7 Å². The molecule has 0 aliphatic heterocycles. The number of fused-ring (bicyclic) bond motifs is 2. The number of nitrogens with zero attached hydrogens (tertiary/aromatic N) is 1. The minimum Gasteiger partial charge on any atom is -0.507 e. The van der Waals surface area contributed by atoms with Crippen LogP contribution in [-0.4, -0.2) is 71.0 Å². The van der Waals surface area contributed by atoms with Gasteiger partial charge in [0.1, 0.15) is 23.6 Å². The second kappa shape index (κ2) is 15.2. The fourth-order valence-corrected chi connectivity index (χ4v) is 7.30. The molecule has 0 fully saturated rings. The van der Waals surface area contributed by atoms with Gasteiger partial charge in [-0.2, -0.15) is 0 Å². The van der Waals surface area contributed by atoms with E-state index in [0.717, 1.165) is 6.21 Å². The molecule has 12 nitrogen and oxygen atoms in total. The summed E-state index contributed by atoms with van der Waals surface area (Å²) in [5.41, 5.74) is 2.39. The molecule has 5 rings (SSSR count). The van der Waals surface area contributed by atoms with E-state index >= 15 is 0 Å². The summed E-state index contributed by atoms with van der Waals surface area (Å²) in [5.74, 6) is -5.42. The number of benzene rings is 5. The lowest BCUT2D eigenvalue weighted by Gasteiger charge is -2.24. The number of carbonyl (C=O) groups excluding carboxylic acids is 1. The molecule has 0 saturated heterocycles. The van der Waals surface area contributed by atoms with Crippen LogP contribution in [0, 0.1) is 13.8 Å². The van der Waals surface area contributed by atoms with E-state index < -0.39 is 59.3 Å². The first-order valence-corrected chi connectivity index (χ1v) is 17.6. The Bertz CT molecular complexity index is 2330. The molecule has 0 spiro atoms. The summed E-state index contributed by atoms with van der Waals surface area (Å²) in [4.78, 5) is 29.5. The Morgan fingerprint density at radius 2 is 1.22 bits per heavy atom. The maximum absolute atomic E-state index is 13.2. The summed E-state index contributed by atoms with van der Waals surface area (Å²) in [6.07, 6.45) is 1.16. The van der Waals surface area contributed by atoms with Gasteiger partial charge in [-0.15, -0.1) is 0 Å². The number of carbonyl (C=O) groups is 2. The van der Waals surface area contributed by atoms with Gasteiger partial charge in [0.2, 0.25) is 5.91 Å². The number of aromatic hydroxyl groups is 6. The number of phenolic OH excluding ortho intramolecular Hbond substituents is 5. The predicted molar refractivity (Wildman–Crippen MR) is 207 cm³/mol. The van der Waals surface area contributed by atoms with E-state index in [9.17, 15) is 50.4 Å². The number of aliphatic hydroxyl groups is 1. The molecular weight excluding hydrogens is 692 g/mol. The molecule has 284 valence electrons. The molecule has 0 heterocycles. The third-order valence-electron chi connectivity index (χ3n) is 9.91. The number of carboxylic acid groups (broad SMARTS) is 1. The number of aliphatic hydroxyl groups excluding tert-OH is 1. The lowest BCUT2D eigenvalue weighted by Crippen LogP contribution is -2.45. The first-order valence-electron chi connectivity index (χ1n) is 17.6. The molecule has 0 aliphatic rings. The van der Waals surface area contributed by atoms with Crippen LogP contribution in [0.4, 0.5) is 0 Å². The summed E-state index contributed by atoms with van der Waals surface area (Å²) in [6, 6.07) is 9.77. The molecule has 0 aromatic heterocycles. The number of amides is 1. The van der Waals surface area contributed by atoms with Crippen molar-refractivity contribution < 1.29 is 50.4 Å². The number of aryl methyl sites for hydroxylation is 2. The van der Waals surface area contributed by atoms with Crippen LogP contribution in [0.3, 0.4) is 0 Å². The Hall–Kier alpha value is -6.01. The first-order chi connectivity index (χ1) is 25.4. The topological polar surface area (TPSA) is 220 Å². The zero-order chi connectivity index (χ0) is 39.9. The van der Waals surface area contributed by atoms with Crippen LogP contribution in [0.2, 0.25) is 0 Å². The summed E-state index contributed by atoms with van der Waals surface area (Å²) in [6.45, 7) is 11.3. The Kier molecular flexibility index (Phi) is 11.0. The minimum atomic E-state index is -1.25. The van der Waals surface area contributed by atoms with Gasteiger partial charge in [0.15, 0.2) is 23.0 Å². The number of carboxylic acids is 1. The molecular formula is C42H46N2O10. The highest BCUT2D eigenvalue weighted by Crippen LogP contribution is 2.54. The molecule has 12 heteroatoms. The Balaban J connectivity index is 1.72. The normalized spacial score (nSPS) is 13.0. The van der Waals surface area contributed by atoms with Crippen molar-refractivity contribution in [2.24, 2.45) is 4.99 Å². The van der Waals surface area contributed by atoms with Crippen molar-refractivity contribution in [3.63, 3.8) is 0 Å². The lowest BCUT2D eigenvalue weighted by molar-refractivity contribution is -0.141. The van der Waals surface area contributed by atoms with Crippen LogP contribution in [0.15, 0.2) is 47.5 Å². The minimum absolute atomic E-state index is 0.0324. The third kappa shape index (κ3) is 6.80. The number of phenols is 6. The third-order valence-corrected chi connectivity index (χ3v) is 9.91. The van der Waals surface area contributed by atoms with Crippen molar-refractivity contribution in [3.05, 3.63) is 81.4 Å². The molecule has 54 heavy (non-hydrogen) atoms. The van der Waals surface area contributed by atoms with Crippen molar-refractivity contribution in [2.75, 3.05) is 0 Å². The molecule has 2 unspecified atom stereocenters. The maximum atomic E-state index is 13.2. The highest BCUT2D eigenvalue weighted by Gasteiger charge is 2.30. The van der Waals surface area contributed by atoms with E-state index in [-0.39, 0.29) is 57.0 Å². The molecule has 0 bridgehead atoms. The maximum Gasteiger partial charge on any atom is 0.326 e. The average Bonchev–Trinajstić information content (AvgIpc) is 3.10. The quantitative estimate of drug-likeness (QED) is 0.0506. The molecule has 0 aliphatic carbocycles. The Morgan fingerprint density at radius 1 is 0.722 bits per heavy atom. The number of hydrogen-bond donors (Lipinski definition) is 9. The summed E-state index contributed by atoms with van der Waals surface area (Å²) in [5, 5.41) is 92.1. The number of hydrogen-bond acceptors (Lipinski definition) is 10. The van der Waals surface area contributed by atoms with Crippen molar-refractivity contribution in [2.45, 2.75) is 85.4 Å². The van der Waals surface area contributed by atoms with E-state index in [4.69, 9.17) is 0 Å². The SMILES string of the molecule is Cc1cc2c(C(C)C)c(O)c(O)c(C=NC(C)C(=O)NC(Cc3ccccc3)C(=O)O)c2c(O)c1-c1c(C)cc2c(C(C)C)c(O)c(O)c(CO)c2c1O. The summed E-state index contributed by atoms with van der Waals surface area (Å²) in [7, 11) is 0. The van der Waals surface area contributed by atoms with Gasteiger partial charge in [0, 0.05) is 56.8 Å². The standard InChI is InChI=1S/C42H46N2O10/c1-18(2)29-24-13-20(5)31(32-21(6)14-25-30(19(3)4)40(51)36(47)27(17-45)34(25)38(32)49)37(48)33(24)26(35(46)39(29)50)16-43-22(7)41(52)44-28(42(53)54)15-23-11-9-8-10-12-23/h8-14,16,18-19,22,28,45-51H,15,17H2,1-7H3,(H,44,52)(H,53,54). The van der Waals surface area contributed by atoms with Crippen LogP contribution in [0.5, 0.6) is 34.5 Å². The smallest absolute Gasteiger partial charge is 0.326 e. The van der Waals surface area contributed by atoms with E-state index in [1.165, 1.54) is 6.92 Å². The van der Waals surface area contributed by atoms with Crippen LogP contribution < -0.4 is 5.32 Å². The van der Waals surface area contributed by atoms with E-state index in [2.05, 4.69) is 10.3 Å². The molecule has 0 radical (unpaired) electrons. The van der Waals surface area contributed by atoms with Gasteiger partial charge < -0.3 is 46.2 Å². The second-order valence-corrected chi connectivity index (χ2v) is 14.3. The number of aliphatic carboxylic acids is 1. The molecule has 9 N–H and O–H groups in total. The van der Waals surface area contributed by atoms with Gasteiger partial charge in [-0.3, -0.25) is 9.79 Å². The van der Waals surface area contributed by atoms with Crippen molar-refractivity contribution >= 4 is 39.6 Å². The summed E-state index contributed by atoms with van der Waals surface area (Å²) >= 11 is 0. The number of nitrogens with one attached hydrogen (secondary N) is 1. The van der Waals surface area contributed by atoms with Gasteiger partial charge in [-0.25, -0.2) is 4.79 Å². The molecule has 5 aromatic rings. The highest BCUT2D eigenvalue weighted by molar-refractivity contribution is 6.13. The van der Waals surface area contributed by atoms with Gasteiger partial charge in [-0.1, -0.05) is 70.2 Å². The zero-order valence-electron chi connectivity index (χ0n) is 31.2. The second-order valence-electron chi connectivity index (χ2n) is 14.3. The molecule has 5 aromatic carbocycles. The lowest BCUT2D eigenvalue weighted by atomic mass is 9.83. The zero-order valence-corrected chi connectivity index (χ0v) is 31.2. The summed E-state index contributed by atoms with van der Waals surface area (Å²) < 4.78 is 0. The number of aliphatic imine (C=N–C) groups is 1. The average molecular weight is 739 g/mol. The molecule has 2 atom stereocenters. The van der Waals surface area contributed by atoms with Crippen molar-refractivity contribution in [1.82, 2.24) is 5.32 Å². The predicted octanol–water partition coefficient (Wildman–Crippen LogP) is 6.87. The fourth-order valence-electron chi connectivity index (χ4n) is 7.30. The largest absolute Gasteiger partial charge is 0.507 e. The Morgan fingerprint density at radius 3 is 1.72 bits per heavy atom. The first kappa shape index (κ1) is 39.2. The molecule has 1 amide bonds. The monoisotopic (exact) mass is 738 g/mol. The van der Waals surface area contributed by atoms with Crippen LogP contribution >= 0.6 is 0 Å². The number of rotatable bonds is 11. The van der Waals surface area contributed by atoms with E-state index in [1.807, 2.05) is 13.8 Å². The van der Waals surface area contributed by atoms with Crippen molar-refractivity contribution in [3.8, 4) is 45.6 Å². The van der Waals surface area contributed by atoms with Crippen molar-refractivity contribution in [1.29, 1.82) is 0 Å². The highest BCUT2D eigenvalue weighted by atomic mass is 16.4. The fraction of sp³-hybridized carbons (Fsp3) is 0.310. The van der Waals surface area contributed by atoms with Gasteiger partial charge in [0.05, 0.1) is 6.61 Å². The van der Waals surface area contributed by atoms with Crippen LogP contribution in [-0.2, 0) is 22.6 Å². The Labute approximate surface area is 312 Å². The van der Waals surface area contributed by atoms with Crippen LogP contribution in [0.1, 0.15) is 85.4 Å². The van der Waals surface area contributed by atoms with Gasteiger partial charge in [0.25, 0.3) is 0 Å². The van der Waals surface area contributed by atoms with Gasteiger partial charge >= 0.3 is 5.97 Å². The van der Waals surface area contributed by atoms with E-state index in [1.54, 1.807) is 70.2 Å².